The molecule has 0 heterocycles. The fourth-order valence-corrected chi connectivity index (χ4v) is 2.10. The van der Waals surface area contributed by atoms with Crippen LogP contribution < -0.4 is 10.6 Å². The molecule has 1 fully saturated rings. The minimum Gasteiger partial charge on any atom is -0.355 e. The first kappa shape index (κ1) is 13.5. The monoisotopic (exact) mass is 226 g/mol. The zero-order chi connectivity index (χ0) is 12.1. The van der Waals surface area contributed by atoms with Crippen LogP contribution in [0.25, 0.3) is 0 Å². The van der Waals surface area contributed by atoms with Crippen LogP contribution in [0, 0.1) is 11.8 Å². The Hall–Kier alpha value is -0.570. The van der Waals surface area contributed by atoms with E-state index in [-0.39, 0.29) is 11.9 Å². The molecule has 3 nitrogen and oxygen atoms in total. The van der Waals surface area contributed by atoms with Crippen LogP contribution in [0.2, 0.25) is 0 Å². The van der Waals surface area contributed by atoms with Crippen LogP contribution in [0.5, 0.6) is 0 Å². The molecule has 0 bridgehead atoms. The zero-order valence-electron chi connectivity index (χ0n) is 11.0. The number of hydrogen-bond acceptors (Lipinski definition) is 2. The Morgan fingerprint density at radius 2 is 1.94 bits per heavy atom. The summed E-state index contributed by atoms with van der Waals surface area (Å²) in [7, 11) is 0. The molecule has 0 aromatic rings. The van der Waals surface area contributed by atoms with E-state index in [0.717, 1.165) is 18.9 Å². The Bertz CT molecular complexity index is 222. The second-order valence-corrected chi connectivity index (χ2v) is 5.64. The van der Waals surface area contributed by atoms with Crippen molar-refractivity contribution in [3.8, 4) is 0 Å². The smallest absolute Gasteiger partial charge is 0.236 e. The van der Waals surface area contributed by atoms with Gasteiger partial charge in [-0.2, -0.15) is 0 Å². The fraction of sp³-hybridized carbons (Fsp3) is 0.923. The highest BCUT2D eigenvalue weighted by atomic mass is 16.2. The maximum Gasteiger partial charge on any atom is 0.236 e. The van der Waals surface area contributed by atoms with Crippen LogP contribution in [0.1, 0.15) is 47.0 Å². The van der Waals surface area contributed by atoms with Crippen LogP contribution >= 0.6 is 0 Å². The second-order valence-electron chi connectivity index (χ2n) is 5.64. The molecule has 1 aliphatic rings. The Morgan fingerprint density at radius 3 is 2.44 bits per heavy atom. The van der Waals surface area contributed by atoms with Crippen LogP contribution in [0.4, 0.5) is 0 Å². The van der Waals surface area contributed by atoms with Gasteiger partial charge in [-0.3, -0.25) is 4.79 Å². The first-order chi connectivity index (χ1) is 7.49. The topological polar surface area (TPSA) is 41.1 Å². The van der Waals surface area contributed by atoms with Gasteiger partial charge in [-0.1, -0.05) is 20.8 Å². The summed E-state index contributed by atoms with van der Waals surface area (Å²) in [5.74, 6) is 1.62. The lowest BCUT2D eigenvalue weighted by atomic mass is 9.81. The maximum absolute atomic E-state index is 11.7. The molecule has 1 amide bonds. The molecule has 2 N–H and O–H groups in total. The van der Waals surface area contributed by atoms with Crippen molar-refractivity contribution in [3.63, 3.8) is 0 Å². The van der Waals surface area contributed by atoms with E-state index in [9.17, 15) is 4.79 Å². The van der Waals surface area contributed by atoms with Gasteiger partial charge in [0.1, 0.15) is 0 Å². The molecule has 0 spiro atoms. The number of carbonyl (C=O) groups excluding carboxylic acids is 1. The van der Waals surface area contributed by atoms with Gasteiger partial charge in [0, 0.05) is 12.6 Å². The van der Waals surface area contributed by atoms with Crippen molar-refractivity contribution in [2.24, 2.45) is 11.8 Å². The number of amides is 1. The van der Waals surface area contributed by atoms with Crippen molar-refractivity contribution >= 4 is 5.91 Å². The molecule has 16 heavy (non-hydrogen) atoms. The molecule has 1 aliphatic carbocycles. The van der Waals surface area contributed by atoms with Crippen LogP contribution in [-0.4, -0.2) is 24.5 Å². The van der Waals surface area contributed by atoms with Gasteiger partial charge in [-0.05, 0) is 38.0 Å². The van der Waals surface area contributed by atoms with Crippen molar-refractivity contribution in [3.05, 3.63) is 0 Å². The molecule has 1 rings (SSSR count). The molecule has 0 aliphatic heterocycles. The number of hydrogen-bond donors (Lipinski definition) is 2. The van der Waals surface area contributed by atoms with E-state index in [1.807, 2.05) is 6.92 Å². The summed E-state index contributed by atoms with van der Waals surface area (Å²) in [5, 5.41) is 6.35. The van der Waals surface area contributed by atoms with Gasteiger partial charge in [0.05, 0.1) is 6.04 Å². The van der Waals surface area contributed by atoms with E-state index in [0.29, 0.717) is 12.0 Å². The van der Waals surface area contributed by atoms with E-state index in [4.69, 9.17) is 0 Å². The highest BCUT2D eigenvalue weighted by molar-refractivity contribution is 5.81. The first-order valence-corrected chi connectivity index (χ1v) is 6.52. The van der Waals surface area contributed by atoms with Gasteiger partial charge in [0.25, 0.3) is 0 Å². The third-order valence-electron chi connectivity index (χ3n) is 3.27. The largest absolute Gasteiger partial charge is 0.355 e. The highest BCUT2D eigenvalue weighted by Crippen LogP contribution is 2.26. The summed E-state index contributed by atoms with van der Waals surface area (Å²) < 4.78 is 0. The second kappa shape index (κ2) is 6.24. The molecule has 94 valence electrons. The van der Waals surface area contributed by atoms with Crippen LogP contribution in [0.15, 0.2) is 0 Å². The maximum atomic E-state index is 11.7. The molecule has 3 heteroatoms. The van der Waals surface area contributed by atoms with E-state index in [1.165, 1.54) is 12.8 Å². The third kappa shape index (κ3) is 4.52. The lowest BCUT2D eigenvalue weighted by Crippen LogP contribution is -2.50. The van der Waals surface area contributed by atoms with Gasteiger partial charge >= 0.3 is 0 Å². The van der Waals surface area contributed by atoms with Gasteiger partial charge < -0.3 is 10.6 Å². The average molecular weight is 226 g/mol. The van der Waals surface area contributed by atoms with E-state index in [2.05, 4.69) is 31.4 Å². The normalized spacial score (nSPS) is 26.3. The van der Waals surface area contributed by atoms with E-state index >= 15 is 0 Å². The van der Waals surface area contributed by atoms with E-state index in [1.54, 1.807) is 0 Å². The van der Waals surface area contributed by atoms with Crippen LogP contribution in [0.3, 0.4) is 0 Å². The molecule has 1 saturated carbocycles. The van der Waals surface area contributed by atoms with Crippen molar-refractivity contribution < 1.29 is 4.79 Å². The highest BCUT2D eigenvalue weighted by Gasteiger charge is 2.27. The summed E-state index contributed by atoms with van der Waals surface area (Å²) in [6.45, 7) is 9.34. The lowest BCUT2D eigenvalue weighted by Gasteiger charge is -2.35. The standard InChI is InChI=1S/C13H26N2O/c1-9(2)5-6-14-13(16)11(4)15-12-7-10(3)8-12/h9-12,15H,5-8H2,1-4H3,(H,14,16). The number of nitrogens with one attached hydrogen (secondary N) is 2. The summed E-state index contributed by atoms with van der Waals surface area (Å²) in [6.07, 6.45) is 3.48. The van der Waals surface area contributed by atoms with Crippen molar-refractivity contribution in [1.82, 2.24) is 10.6 Å². The van der Waals surface area contributed by atoms with Crippen molar-refractivity contribution in [2.75, 3.05) is 6.54 Å². The molecule has 0 saturated heterocycles. The molecule has 0 aromatic carbocycles. The summed E-state index contributed by atoms with van der Waals surface area (Å²) in [4.78, 5) is 11.7. The molecule has 1 unspecified atom stereocenters. The summed E-state index contributed by atoms with van der Waals surface area (Å²) >= 11 is 0. The molecule has 0 radical (unpaired) electrons. The average Bonchev–Trinajstić information content (AvgIpc) is 2.14. The predicted molar refractivity (Wildman–Crippen MR) is 67.2 cm³/mol. The summed E-state index contributed by atoms with van der Waals surface area (Å²) in [5.41, 5.74) is 0. The van der Waals surface area contributed by atoms with Gasteiger partial charge in [0.2, 0.25) is 5.91 Å². The fourth-order valence-electron chi connectivity index (χ4n) is 2.10. The first-order valence-electron chi connectivity index (χ1n) is 6.52. The van der Waals surface area contributed by atoms with Gasteiger partial charge in [0.15, 0.2) is 0 Å². The Kier molecular flexibility index (Phi) is 5.26. The Morgan fingerprint density at radius 1 is 1.31 bits per heavy atom. The van der Waals surface area contributed by atoms with E-state index < -0.39 is 0 Å². The Labute approximate surface area is 99.4 Å². The minimum atomic E-state index is -0.0512. The number of carbonyl (C=O) groups is 1. The lowest BCUT2D eigenvalue weighted by molar-refractivity contribution is -0.123. The van der Waals surface area contributed by atoms with Crippen molar-refractivity contribution in [2.45, 2.75) is 59.0 Å². The predicted octanol–water partition coefficient (Wildman–Crippen LogP) is 1.93. The van der Waals surface area contributed by atoms with Crippen LogP contribution in [-0.2, 0) is 4.79 Å². The molecule has 0 aromatic heterocycles. The summed E-state index contributed by atoms with van der Waals surface area (Å²) in [6, 6.07) is 0.505. The Balaban J connectivity index is 2.10. The van der Waals surface area contributed by atoms with Gasteiger partial charge in [-0.15, -0.1) is 0 Å². The number of rotatable bonds is 6. The third-order valence-corrected chi connectivity index (χ3v) is 3.27. The molecular formula is C13H26N2O. The quantitative estimate of drug-likeness (QED) is 0.726. The molecular weight excluding hydrogens is 200 g/mol. The SMILES string of the molecule is CC(C)CCNC(=O)C(C)NC1CC(C)C1. The zero-order valence-corrected chi connectivity index (χ0v) is 11.0. The molecule has 1 atom stereocenters. The minimum absolute atomic E-state index is 0.0512. The van der Waals surface area contributed by atoms with Gasteiger partial charge in [-0.25, -0.2) is 0 Å². The van der Waals surface area contributed by atoms with Crippen molar-refractivity contribution in [1.29, 1.82) is 0 Å².